The number of hydrogen-bond acceptors (Lipinski definition) is 7. The Balaban J connectivity index is 1.07. The Labute approximate surface area is 247 Å². The quantitative estimate of drug-likeness (QED) is 0.217. The second-order valence-electron chi connectivity index (χ2n) is 9.56. The highest BCUT2D eigenvalue weighted by Crippen LogP contribution is 2.28. The van der Waals surface area contributed by atoms with Gasteiger partial charge in [-0.05, 0) is 72.6 Å². The zero-order valence-electron chi connectivity index (χ0n) is 23.5. The highest BCUT2D eigenvalue weighted by Gasteiger charge is 2.31. The molecule has 1 fully saturated rings. The maximum atomic E-state index is 12.4. The SMILES string of the molecule is [2H]C1(Cc2ccc(OCc3nc4ccc(Oc5ccc(NC(=O)c6ccccc6)cc5)cc4n3C)cc2)SC(=O)NC1=O. The number of aryl methyl sites for hydroxylation is 1. The molecule has 0 saturated carbocycles. The molecular formula is C32H26N4O5S. The average Bonchev–Trinajstić information content (AvgIpc) is 3.46. The Hall–Kier alpha value is -5.09. The molecule has 10 heteroatoms. The Morgan fingerprint density at radius 3 is 2.40 bits per heavy atom. The lowest BCUT2D eigenvalue weighted by atomic mass is 10.1. The number of anilines is 1. The van der Waals surface area contributed by atoms with Crippen LogP contribution >= 0.6 is 11.8 Å². The number of fused-ring (bicyclic) bond motifs is 1. The van der Waals surface area contributed by atoms with Crippen LogP contribution in [0.3, 0.4) is 0 Å². The minimum atomic E-state index is -1.56. The van der Waals surface area contributed by atoms with Gasteiger partial charge in [0, 0.05) is 24.4 Å². The lowest BCUT2D eigenvalue weighted by Gasteiger charge is -2.09. The zero-order valence-corrected chi connectivity index (χ0v) is 23.3. The molecule has 0 radical (unpaired) electrons. The predicted molar refractivity (Wildman–Crippen MR) is 161 cm³/mol. The van der Waals surface area contributed by atoms with E-state index in [-0.39, 0.29) is 18.9 Å². The van der Waals surface area contributed by atoms with Gasteiger partial charge in [-0.15, -0.1) is 0 Å². The van der Waals surface area contributed by atoms with Gasteiger partial charge in [-0.1, -0.05) is 42.1 Å². The van der Waals surface area contributed by atoms with Crippen molar-refractivity contribution in [1.29, 1.82) is 0 Å². The first-order valence-electron chi connectivity index (χ1n) is 13.6. The highest BCUT2D eigenvalue weighted by atomic mass is 32.2. The third-order valence-electron chi connectivity index (χ3n) is 6.67. The third-order valence-corrected chi connectivity index (χ3v) is 7.53. The van der Waals surface area contributed by atoms with E-state index in [9.17, 15) is 14.4 Å². The van der Waals surface area contributed by atoms with Crippen molar-refractivity contribution in [2.75, 3.05) is 5.32 Å². The lowest BCUT2D eigenvalue weighted by molar-refractivity contribution is -0.118. The van der Waals surface area contributed by atoms with Gasteiger partial charge in [-0.25, -0.2) is 4.98 Å². The molecular weight excluding hydrogens is 552 g/mol. The molecule has 1 unspecified atom stereocenters. The number of imide groups is 1. The first-order valence-corrected chi connectivity index (χ1v) is 13.9. The number of amides is 3. The smallest absolute Gasteiger partial charge is 0.286 e. The van der Waals surface area contributed by atoms with Gasteiger partial charge in [0.1, 0.15) is 29.7 Å². The van der Waals surface area contributed by atoms with E-state index in [0.717, 1.165) is 22.4 Å². The van der Waals surface area contributed by atoms with Crippen molar-refractivity contribution in [3.8, 4) is 17.2 Å². The van der Waals surface area contributed by atoms with Gasteiger partial charge in [0.2, 0.25) is 5.91 Å². The molecule has 4 aromatic carbocycles. The summed E-state index contributed by atoms with van der Waals surface area (Å²) in [4.78, 5) is 40.5. The summed E-state index contributed by atoms with van der Waals surface area (Å²) in [6.45, 7) is 0.228. The van der Waals surface area contributed by atoms with Gasteiger partial charge >= 0.3 is 0 Å². The number of aromatic nitrogens is 2. The van der Waals surface area contributed by atoms with Crippen molar-refractivity contribution in [2.45, 2.75) is 18.3 Å². The fourth-order valence-corrected chi connectivity index (χ4v) is 5.20. The van der Waals surface area contributed by atoms with Crippen LogP contribution in [0.1, 0.15) is 23.1 Å². The molecule has 1 aliphatic heterocycles. The molecule has 5 aromatic rings. The van der Waals surface area contributed by atoms with E-state index in [4.69, 9.17) is 10.8 Å². The largest absolute Gasteiger partial charge is 0.486 e. The number of rotatable bonds is 9. The fraction of sp³-hybridized carbons (Fsp3) is 0.125. The number of benzene rings is 4. The number of carbonyl (C=O) groups excluding carboxylic acids is 3. The van der Waals surface area contributed by atoms with Crippen LogP contribution in [0.5, 0.6) is 17.2 Å². The van der Waals surface area contributed by atoms with Crippen molar-refractivity contribution in [3.05, 3.63) is 114 Å². The Bertz CT molecular complexity index is 1830. The first-order chi connectivity index (χ1) is 20.8. The summed E-state index contributed by atoms with van der Waals surface area (Å²) < 4.78 is 22.2. The number of nitrogens with zero attached hydrogens (tertiary/aromatic N) is 2. The topological polar surface area (TPSA) is 112 Å². The minimum Gasteiger partial charge on any atom is -0.486 e. The molecule has 0 aliphatic carbocycles. The third kappa shape index (κ3) is 6.13. The maximum Gasteiger partial charge on any atom is 0.286 e. The summed E-state index contributed by atoms with van der Waals surface area (Å²) in [6, 6.07) is 28.9. The van der Waals surface area contributed by atoms with Crippen molar-refractivity contribution < 1.29 is 25.2 Å². The molecule has 1 aliphatic rings. The summed E-state index contributed by atoms with van der Waals surface area (Å²) in [5.41, 5.74) is 3.68. The maximum absolute atomic E-state index is 12.4. The summed E-state index contributed by atoms with van der Waals surface area (Å²) in [5, 5.41) is 2.99. The monoisotopic (exact) mass is 579 g/mol. The van der Waals surface area contributed by atoms with Crippen LogP contribution in [0.4, 0.5) is 10.5 Å². The van der Waals surface area contributed by atoms with Gasteiger partial charge in [0.05, 0.1) is 17.6 Å². The van der Waals surface area contributed by atoms with Crippen LogP contribution < -0.4 is 20.1 Å². The van der Waals surface area contributed by atoms with Gasteiger partial charge in [-0.2, -0.15) is 0 Å². The average molecular weight is 580 g/mol. The van der Waals surface area contributed by atoms with Crippen LogP contribution in [-0.2, 0) is 24.9 Å². The molecule has 9 nitrogen and oxygen atoms in total. The Morgan fingerprint density at radius 2 is 1.69 bits per heavy atom. The van der Waals surface area contributed by atoms with E-state index in [2.05, 4.69) is 15.6 Å². The second kappa shape index (κ2) is 11.8. The molecule has 1 aromatic heterocycles. The van der Waals surface area contributed by atoms with Gasteiger partial charge < -0.3 is 19.4 Å². The summed E-state index contributed by atoms with van der Waals surface area (Å²) in [6.07, 6.45) is 0.111. The minimum absolute atomic E-state index is 0.111. The molecule has 1 saturated heterocycles. The van der Waals surface area contributed by atoms with Crippen molar-refractivity contribution in [3.63, 3.8) is 0 Å². The van der Waals surface area contributed by atoms with Crippen LogP contribution in [-0.4, -0.2) is 31.8 Å². The van der Waals surface area contributed by atoms with Gasteiger partial charge in [0.15, 0.2) is 0 Å². The number of nitrogens with one attached hydrogen (secondary N) is 2. The van der Waals surface area contributed by atoms with Gasteiger partial charge in [0.25, 0.3) is 11.1 Å². The molecule has 2 heterocycles. The van der Waals surface area contributed by atoms with E-state index in [1.165, 1.54) is 0 Å². The summed E-state index contributed by atoms with van der Waals surface area (Å²) >= 11 is 0.691. The number of hydrogen-bond donors (Lipinski definition) is 2. The van der Waals surface area contributed by atoms with Crippen LogP contribution in [0, 0.1) is 0 Å². The van der Waals surface area contributed by atoms with Gasteiger partial charge in [-0.3, -0.25) is 19.7 Å². The van der Waals surface area contributed by atoms with Crippen molar-refractivity contribution >= 4 is 45.5 Å². The number of thioether (sulfide) groups is 1. The Morgan fingerprint density at radius 1 is 0.976 bits per heavy atom. The van der Waals surface area contributed by atoms with Crippen LogP contribution in [0.15, 0.2) is 97.1 Å². The lowest BCUT2D eigenvalue weighted by Crippen LogP contribution is -2.25. The van der Waals surface area contributed by atoms with Crippen LogP contribution in [0.25, 0.3) is 11.0 Å². The summed E-state index contributed by atoms with van der Waals surface area (Å²) in [7, 11) is 1.91. The molecule has 6 rings (SSSR count). The first kappa shape index (κ1) is 25.8. The molecule has 3 amide bonds. The molecule has 0 spiro atoms. The molecule has 210 valence electrons. The fourth-order valence-electron chi connectivity index (χ4n) is 4.45. The van der Waals surface area contributed by atoms with Crippen molar-refractivity contribution in [1.82, 2.24) is 14.9 Å². The van der Waals surface area contributed by atoms with E-state index in [0.29, 0.717) is 40.3 Å². The molecule has 42 heavy (non-hydrogen) atoms. The number of carbonyl (C=O) groups is 3. The Kier molecular flexibility index (Phi) is 7.26. The standard InChI is InChI=1S/C32H26N4O5S/c1-36-27-18-25(41-24-13-9-22(10-14-24)33-30(37)21-5-3-2-4-6-21)15-16-26(27)34-29(36)19-40-23-11-7-20(8-12-23)17-28-31(38)35-32(39)42-28/h2-16,18,28H,17,19H2,1H3,(H,33,37)(H,35,38,39)/i28D. The molecule has 2 N–H and O–H groups in total. The molecule has 1 atom stereocenters. The molecule has 0 bridgehead atoms. The number of imidazole rings is 1. The van der Waals surface area contributed by atoms with E-state index in [1.54, 1.807) is 60.7 Å². The van der Waals surface area contributed by atoms with E-state index < -0.39 is 16.4 Å². The van der Waals surface area contributed by atoms with Crippen molar-refractivity contribution in [2.24, 2.45) is 7.05 Å². The summed E-state index contributed by atoms with van der Waals surface area (Å²) in [5.74, 6) is 1.83. The predicted octanol–water partition coefficient (Wildman–Crippen LogP) is 6.09. The zero-order chi connectivity index (χ0) is 30.0. The second-order valence-corrected chi connectivity index (χ2v) is 10.6. The van der Waals surface area contributed by atoms with Crippen LogP contribution in [0.2, 0.25) is 0 Å². The van der Waals surface area contributed by atoms with E-state index >= 15 is 0 Å². The van der Waals surface area contributed by atoms with E-state index in [1.807, 2.05) is 48.0 Å². The highest BCUT2D eigenvalue weighted by molar-refractivity contribution is 8.15. The number of ether oxygens (including phenoxy) is 2. The normalized spacial score (nSPS) is 16.6.